The molecule has 0 aliphatic rings. The first-order valence-electron chi connectivity index (χ1n) is 5.60. The Balaban J connectivity index is 2.61. The number of para-hydroxylation sites is 1. The van der Waals surface area contributed by atoms with E-state index in [4.69, 9.17) is 62.7 Å². The average Bonchev–Trinajstić information content (AvgIpc) is 2.42. The molecule has 2 rings (SSSR count). The number of hydrogen-bond donors (Lipinski definition) is 0. The fraction of sp³-hybridized carbons (Fsp3) is 0.143. The maximum absolute atomic E-state index is 6.15. The maximum atomic E-state index is 6.15. The number of halogens is 5. The minimum absolute atomic E-state index is 0.109. The van der Waals surface area contributed by atoms with Crippen LogP contribution in [0.1, 0.15) is 11.1 Å². The van der Waals surface area contributed by atoms with Gasteiger partial charge in [-0.3, -0.25) is 0 Å². The van der Waals surface area contributed by atoms with Gasteiger partial charge in [-0.15, -0.1) is 0 Å². The summed E-state index contributed by atoms with van der Waals surface area (Å²) in [6.45, 7) is 3.84. The zero-order valence-electron chi connectivity index (χ0n) is 10.5. The van der Waals surface area contributed by atoms with Crippen molar-refractivity contribution in [2.45, 2.75) is 13.8 Å². The molecule has 0 atom stereocenters. The van der Waals surface area contributed by atoms with Crippen molar-refractivity contribution in [1.82, 2.24) is 0 Å². The predicted octanol–water partition coefficient (Wildman–Crippen LogP) is 7.36. The Morgan fingerprint density at radius 3 is 1.50 bits per heavy atom. The SMILES string of the molecule is Cc1cccc(C)c1Oc1c(Cl)c(Cl)c(Cl)c(Cl)c1Cl. The zero-order valence-corrected chi connectivity index (χ0v) is 14.3. The van der Waals surface area contributed by atoms with Crippen LogP contribution in [0.15, 0.2) is 18.2 Å². The third kappa shape index (κ3) is 2.84. The molecule has 0 amide bonds. The van der Waals surface area contributed by atoms with Gasteiger partial charge in [0.25, 0.3) is 0 Å². The average molecular weight is 370 g/mol. The molecule has 106 valence electrons. The molecule has 2 aromatic carbocycles. The van der Waals surface area contributed by atoms with Crippen molar-refractivity contribution < 1.29 is 4.74 Å². The van der Waals surface area contributed by atoms with Crippen molar-refractivity contribution >= 4 is 58.0 Å². The largest absolute Gasteiger partial charge is 0.454 e. The third-order valence-corrected chi connectivity index (χ3v) is 5.02. The van der Waals surface area contributed by atoms with Crippen molar-refractivity contribution in [3.8, 4) is 11.5 Å². The lowest BCUT2D eigenvalue weighted by Crippen LogP contribution is -1.94. The normalized spacial score (nSPS) is 10.8. The van der Waals surface area contributed by atoms with Crippen LogP contribution in [0.3, 0.4) is 0 Å². The first-order chi connectivity index (χ1) is 9.34. The molecule has 1 nitrogen and oxygen atoms in total. The number of benzene rings is 2. The second-order valence-electron chi connectivity index (χ2n) is 4.22. The summed E-state index contributed by atoms with van der Waals surface area (Å²) >= 11 is 30.3. The van der Waals surface area contributed by atoms with Crippen LogP contribution < -0.4 is 4.74 Å². The first kappa shape index (κ1) is 16.1. The highest BCUT2D eigenvalue weighted by molar-refractivity contribution is 6.55. The summed E-state index contributed by atoms with van der Waals surface area (Å²) in [5, 5.41) is 0.604. The maximum Gasteiger partial charge on any atom is 0.167 e. The van der Waals surface area contributed by atoms with Gasteiger partial charge in [0.15, 0.2) is 5.75 Å². The van der Waals surface area contributed by atoms with Crippen LogP contribution >= 0.6 is 58.0 Å². The highest BCUT2D eigenvalue weighted by Gasteiger charge is 2.21. The van der Waals surface area contributed by atoms with Crippen LogP contribution in [-0.4, -0.2) is 0 Å². The fourth-order valence-electron chi connectivity index (χ4n) is 1.74. The topological polar surface area (TPSA) is 9.23 Å². The molecule has 6 heteroatoms. The van der Waals surface area contributed by atoms with Crippen LogP contribution in [0.4, 0.5) is 0 Å². The Morgan fingerprint density at radius 2 is 1.05 bits per heavy atom. The van der Waals surface area contributed by atoms with E-state index in [-0.39, 0.29) is 30.9 Å². The Morgan fingerprint density at radius 1 is 0.650 bits per heavy atom. The van der Waals surface area contributed by atoms with Crippen molar-refractivity contribution in [2.75, 3.05) is 0 Å². The van der Waals surface area contributed by atoms with E-state index < -0.39 is 0 Å². The van der Waals surface area contributed by atoms with Gasteiger partial charge in [0.2, 0.25) is 0 Å². The van der Waals surface area contributed by atoms with Crippen LogP contribution in [-0.2, 0) is 0 Å². The van der Waals surface area contributed by atoms with Gasteiger partial charge < -0.3 is 4.74 Å². The number of rotatable bonds is 2. The van der Waals surface area contributed by atoms with E-state index in [1.807, 2.05) is 32.0 Å². The molecular formula is C14H9Cl5O. The van der Waals surface area contributed by atoms with E-state index in [0.29, 0.717) is 5.75 Å². The molecule has 0 saturated carbocycles. The molecule has 0 aromatic heterocycles. The van der Waals surface area contributed by atoms with Crippen molar-refractivity contribution in [1.29, 1.82) is 0 Å². The summed E-state index contributed by atoms with van der Waals surface area (Å²) in [6.07, 6.45) is 0. The van der Waals surface area contributed by atoms with Gasteiger partial charge in [0.05, 0.1) is 15.1 Å². The Hall–Kier alpha value is -0.310. The number of ether oxygens (including phenoxy) is 1. The van der Waals surface area contributed by atoms with E-state index in [0.717, 1.165) is 11.1 Å². The van der Waals surface area contributed by atoms with Gasteiger partial charge >= 0.3 is 0 Å². The lowest BCUT2D eigenvalue weighted by atomic mass is 10.1. The number of aryl methyl sites for hydroxylation is 2. The monoisotopic (exact) mass is 368 g/mol. The fourth-order valence-corrected chi connectivity index (χ4v) is 2.93. The lowest BCUT2D eigenvalue weighted by molar-refractivity contribution is 0.475. The molecule has 0 saturated heterocycles. The van der Waals surface area contributed by atoms with Crippen LogP contribution in [0.5, 0.6) is 11.5 Å². The molecule has 2 aromatic rings. The van der Waals surface area contributed by atoms with Crippen molar-refractivity contribution in [2.24, 2.45) is 0 Å². The molecule has 0 fully saturated rings. The number of hydrogen-bond acceptors (Lipinski definition) is 1. The van der Waals surface area contributed by atoms with E-state index >= 15 is 0 Å². The molecule has 0 heterocycles. The Kier molecular flexibility index (Phi) is 4.99. The summed E-state index contributed by atoms with van der Waals surface area (Å²) in [7, 11) is 0. The van der Waals surface area contributed by atoms with Gasteiger partial charge in [-0.1, -0.05) is 76.2 Å². The van der Waals surface area contributed by atoms with Crippen LogP contribution in [0.25, 0.3) is 0 Å². The summed E-state index contributed by atoms with van der Waals surface area (Å²) in [4.78, 5) is 0. The van der Waals surface area contributed by atoms with E-state index in [2.05, 4.69) is 0 Å². The minimum Gasteiger partial charge on any atom is -0.454 e. The van der Waals surface area contributed by atoms with Crippen LogP contribution in [0.2, 0.25) is 25.1 Å². The highest BCUT2D eigenvalue weighted by atomic mass is 35.5. The standard InChI is InChI=1S/C14H9Cl5O/c1-6-4-3-5-7(2)13(6)20-14-11(18)9(16)8(15)10(17)12(14)19/h3-5H,1-2H3. The molecular weight excluding hydrogens is 361 g/mol. The summed E-state index contributed by atoms with van der Waals surface area (Å²) in [5.74, 6) is 0.857. The third-order valence-electron chi connectivity index (χ3n) is 2.78. The molecule has 20 heavy (non-hydrogen) atoms. The quantitative estimate of drug-likeness (QED) is 0.396. The summed E-state index contributed by atoms with van der Waals surface area (Å²) in [6, 6.07) is 5.77. The first-order valence-corrected chi connectivity index (χ1v) is 7.49. The molecule has 0 spiro atoms. The molecule has 0 aliphatic heterocycles. The molecule has 0 unspecified atom stereocenters. The minimum atomic E-state index is 0.109. The van der Waals surface area contributed by atoms with E-state index in [9.17, 15) is 0 Å². The molecule has 0 N–H and O–H groups in total. The van der Waals surface area contributed by atoms with Gasteiger partial charge in [-0.05, 0) is 25.0 Å². The van der Waals surface area contributed by atoms with E-state index in [1.165, 1.54) is 0 Å². The Bertz CT molecular complexity index is 632. The zero-order chi connectivity index (χ0) is 15.0. The lowest BCUT2D eigenvalue weighted by Gasteiger charge is -2.16. The predicted molar refractivity (Wildman–Crippen MR) is 87.5 cm³/mol. The molecule has 0 aliphatic carbocycles. The van der Waals surface area contributed by atoms with Crippen molar-refractivity contribution in [3.05, 3.63) is 54.4 Å². The van der Waals surface area contributed by atoms with Gasteiger partial charge in [-0.2, -0.15) is 0 Å². The van der Waals surface area contributed by atoms with Gasteiger partial charge in [0, 0.05) is 0 Å². The summed E-state index contributed by atoms with van der Waals surface area (Å²) < 4.78 is 5.83. The van der Waals surface area contributed by atoms with Crippen molar-refractivity contribution in [3.63, 3.8) is 0 Å². The van der Waals surface area contributed by atoms with Gasteiger partial charge in [-0.25, -0.2) is 0 Å². The molecule has 0 bridgehead atoms. The second kappa shape index (κ2) is 6.21. The second-order valence-corrected chi connectivity index (χ2v) is 6.11. The highest BCUT2D eigenvalue weighted by Crippen LogP contribution is 2.49. The Labute approximate surface area is 142 Å². The summed E-state index contributed by atoms with van der Waals surface area (Å²) in [5.41, 5.74) is 1.89. The van der Waals surface area contributed by atoms with Crippen LogP contribution in [0, 0.1) is 13.8 Å². The smallest absolute Gasteiger partial charge is 0.167 e. The van der Waals surface area contributed by atoms with E-state index in [1.54, 1.807) is 0 Å². The van der Waals surface area contributed by atoms with Gasteiger partial charge in [0.1, 0.15) is 15.8 Å². The molecule has 0 radical (unpaired) electrons.